The molecule has 0 atom stereocenters. The van der Waals surface area contributed by atoms with Gasteiger partial charge in [-0.05, 0) is 69.8 Å². The molecule has 0 saturated carbocycles. The quantitative estimate of drug-likeness (QED) is 0.341. The lowest BCUT2D eigenvalue weighted by atomic mass is 10.0. The van der Waals surface area contributed by atoms with Gasteiger partial charge in [-0.2, -0.15) is 0 Å². The number of hydrogen-bond donors (Lipinski definition) is 2. The maximum atomic E-state index is 12.2. The highest BCUT2D eigenvalue weighted by atomic mass is 16.3. The minimum absolute atomic E-state index is 0.0878. The summed E-state index contributed by atoms with van der Waals surface area (Å²) >= 11 is 0. The van der Waals surface area contributed by atoms with Gasteiger partial charge in [-0.3, -0.25) is 4.79 Å². The van der Waals surface area contributed by atoms with E-state index in [1.807, 2.05) is 72.8 Å². The molecule has 0 aliphatic rings. The number of hydrogen-bond acceptors (Lipinski definition) is 3. The van der Waals surface area contributed by atoms with E-state index >= 15 is 0 Å². The van der Waals surface area contributed by atoms with Gasteiger partial charge in [0.05, 0.1) is 0 Å². The monoisotopic (exact) mass is 418 g/mol. The van der Waals surface area contributed by atoms with E-state index in [-0.39, 0.29) is 17.3 Å². The fraction of sp³-hybridized carbons (Fsp3) is 0. The summed E-state index contributed by atoms with van der Waals surface area (Å²) < 4.78 is 0. The lowest BCUT2D eigenvalue weighted by Crippen LogP contribution is -1.85. The molecule has 32 heavy (non-hydrogen) atoms. The summed E-state index contributed by atoms with van der Waals surface area (Å²) in [5.41, 5.74) is 6.01. The number of allylic oxidation sites excluding steroid dienone is 2. The number of aromatic hydroxyl groups is 2. The molecule has 0 unspecified atom stereocenters. The van der Waals surface area contributed by atoms with Crippen molar-refractivity contribution in [1.82, 2.24) is 0 Å². The van der Waals surface area contributed by atoms with Crippen molar-refractivity contribution in [2.45, 2.75) is 0 Å². The molecule has 0 aliphatic carbocycles. The number of phenols is 2. The fourth-order valence-electron chi connectivity index (χ4n) is 3.29. The molecule has 0 spiro atoms. The van der Waals surface area contributed by atoms with Crippen molar-refractivity contribution in [1.29, 1.82) is 0 Å². The van der Waals surface area contributed by atoms with Crippen LogP contribution in [0.2, 0.25) is 0 Å². The van der Waals surface area contributed by atoms with E-state index in [1.165, 1.54) is 0 Å². The van der Waals surface area contributed by atoms with Gasteiger partial charge in [-0.25, -0.2) is 0 Å². The molecule has 0 aliphatic heterocycles. The van der Waals surface area contributed by atoms with Gasteiger partial charge in [0.1, 0.15) is 11.5 Å². The van der Waals surface area contributed by atoms with E-state index in [0.717, 1.165) is 33.4 Å². The Hall–Kier alpha value is -4.37. The molecule has 156 valence electrons. The van der Waals surface area contributed by atoms with Crippen LogP contribution in [0, 0.1) is 0 Å². The van der Waals surface area contributed by atoms with Crippen molar-refractivity contribution in [3.8, 4) is 33.8 Å². The van der Waals surface area contributed by atoms with Crippen molar-refractivity contribution in [2.24, 2.45) is 0 Å². The molecule has 0 bridgehead atoms. The number of rotatable bonds is 6. The number of phenolic OH excluding ortho intramolecular Hbond substituents is 2. The van der Waals surface area contributed by atoms with Gasteiger partial charge >= 0.3 is 0 Å². The molecule has 0 saturated heterocycles. The van der Waals surface area contributed by atoms with E-state index in [4.69, 9.17) is 0 Å². The minimum Gasteiger partial charge on any atom is -0.508 e. The molecule has 0 aromatic heterocycles. The molecule has 0 fully saturated rings. The van der Waals surface area contributed by atoms with Gasteiger partial charge in [-0.15, -0.1) is 0 Å². The van der Waals surface area contributed by atoms with Crippen LogP contribution in [0.15, 0.2) is 109 Å². The molecular formula is C29H22O3. The van der Waals surface area contributed by atoms with Crippen molar-refractivity contribution < 1.29 is 15.0 Å². The molecule has 3 heteroatoms. The van der Waals surface area contributed by atoms with Crippen LogP contribution in [-0.4, -0.2) is 16.0 Å². The lowest BCUT2D eigenvalue weighted by molar-refractivity contribution is -0.110. The second-order valence-electron chi connectivity index (χ2n) is 7.41. The molecule has 4 aromatic carbocycles. The number of carbonyl (C=O) groups is 1. The highest BCUT2D eigenvalue weighted by Crippen LogP contribution is 2.23. The summed E-state index contributed by atoms with van der Waals surface area (Å²) in [6.45, 7) is 0. The fourth-order valence-corrected chi connectivity index (χ4v) is 3.29. The predicted octanol–water partition coefficient (Wildman–Crippen LogP) is 6.73. The third kappa shape index (κ3) is 5.41. The third-order valence-corrected chi connectivity index (χ3v) is 5.10. The largest absolute Gasteiger partial charge is 0.508 e. The predicted molar refractivity (Wildman–Crippen MR) is 130 cm³/mol. The highest BCUT2D eigenvalue weighted by molar-refractivity contribution is 6.04. The maximum Gasteiger partial charge on any atom is 0.178 e. The molecule has 4 aromatic rings. The van der Waals surface area contributed by atoms with Crippen molar-refractivity contribution in [3.63, 3.8) is 0 Å². The number of benzene rings is 4. The van der Waals surface area contributed by atoms with E-state index in [9.17, 15) is 15.0 Å². The minimum atomic E-state index is -0.0878. The van der Waals surface area contributed by atoms with E-state index in [1.54, 1.807) is 48.6 Å². The molecule has 0 radical (unpaired) electrons. The Kier molecular flexibility index (Phi) is 6.28. The first-order valence-corrected chi connectivity index (χ1v) is 10.3. The second-order valence-corrected chi connectivity index (χ2v) is 7.41. The Morgan fingerprint density at radius 1 is 0.469 bits per heavy atom. The molecule has 2 N–H and O–H groups in total. The zero-order valence-corrected chi connectivity index (χ0v) is 17.3. The van der Waals surface area contributed by atoms with E-state index < -0.39 is 0 Å². The Morgan fingerprint density at radius 2 is 0.750 bits per heavy atom. The third-order valence-electron chi connectivity index (χ3n) is 5.10. The van der Waals surface area contributed by atoms with Crippen LogP contribution < -0.4 is 0 Å². The Balaban J connectivity index is 1.36. The first-order chi connectivity index (χ1) is 15.6. The molecule has 0 heterocycles. The van der Waals surface area contributed by atoms with Gasteiger partial charge in [0.25, 0.3) is 0 Å². The summed E-state index contributed by atoms with van der Waals surface area (Å²) in [6.07, 6.45) is 6.69. The van der Waals surface area contributed by atoms with Crippen molar-refractivity contribution in [2.75, 3.05) is 0 Å². The van der Waals surface area contributed by atoms with Crippen LogP contribution in [-0.2, 0) is 4.79 Å². The van der Waals surface area contributed by atoms with Crippen LogP contribution in [0.25, 0.3) is 34.4 Å². The SMILES string of the molecule is O=C(/C=C/c1ccc(-c2ccc(O)cc2)cc1)/C=C/c1ccc(-c2ccc(O)cc2)cc1. The Morgan fingerprint density at radius 3 is 1.06 bits per heavy atom. The first-order valence-electron chi connectivity index (χ1n) is 10.3. The summed E-state index contributed by atoms with van der Waals surface area (Å²) in [6, 6.07) is 29.9. The average molecular weight is 418 g/mol. The zero-order chi connectivity index (χ0) is 22.3. The summed E-state index contributed by atoms with van der Waals surface area (Å²) in [5.74, 6) is 0.400. The lowest BCUT2D eigenvalue weighted by Gasteiger charge is -2.02. The topological polar surface area (TPSA) is 57.5 Å². The standard InChI is InChI=1S/C29H22O3/c30-27(15-5-21-1-7-23(8-2-21)25-11-17-28(31)18-12-25)16-6-22-3-9-24(10-4-22)26-13-19-29(32)20-14-26/h1-20,31-32H/b15-5+,16-6+. The molecule has 0 amide bonds. The second kappa shape index (κ2) is 9.63. The smallest absolute Gasteiger partial charge is 0.178 e. The first kappa shape index (κ1) is 20.9. The molecule has 3 nitrogen and oxygen atoms in total. The number of ketones is 1. The summed E-state index contributed by atoms with van der Waals surface area (Å²) in [7, 11) is 0. The van der Waals surface area contributed by atoms with Crippen LogP contribution in [0.1, 0.15) is 11.1 Å². The zero-order valence-electron chi connectivity index (χ0n) is 17.3. The van der Waals surface area contributed by atoms with E-state index in [2.05, 4.69) is 0 Å². The van der Waals surface area contributed by atoms with Gasteiger partial charge < -0.3 is 10.2 Å². The van der Waals surface area contributed by atoms with Crippen LogP contribution >= 0.6 is 0 Å². The van der Waals surface area contributed by atoms with Crippen LogP contribution in [0.4, 0.5) is 0 Å². The summed E-state index contributed by atoms with van der Waals surface area (Å²) in [5, 5.41) is 18.8. The van der Waals surface area contributed by atoms with Crippen LogP contribution in [0.5, 0.6) is 11.5 Å². The highest BCUT2D eigenvalue weighted by Gasteiger charge is 1.99. The Labute approximate surface area is 187 Å². The van der Waals surface area contributed by atoms with Gasteiger partial charge in [0.2, 0.25) is 0 Å². The maximum absolute atomic E-state index is 12.2. The van der Waals surface area contributed by atoms with Crippen molar-refractivity contribution in [3.05, 3.63) is 120 Å². The number of carbonyl (C=O) groups excluding carboxylic acids is 1. The Bertz CT molecular complexity index is 1150. The van der Waals surface area contributed by atoms with Crippen LogP contribution in [0.3, 0.4) is 0 Å². The van der Waals surface area contributed by atoms with Crippen molar-refractivity contribution >= 4 is 17.9 Å². The molecule has 4 rings (SSSR count). The average Bonchev–Trinajstić information content (AvgIpc) is 2.83. The normalized spacial score (nSPS) is 11.2. The van der Waals surface area contributed by atoms with Gasteiger partial charge in [0, 0.05) is 0 Å². The summed E-state index contributed by atoms with van der Waals surface area (Å²) in [4.78, 5) is 12.2. The van der Waals surface area contributed by atoms with E-state index in [0.29, 0.717) is 0 Å². The van der Waals surface area contributed by atoms with Gasteiger partial charge in [-0.1, -0.05) is 84.9 Å². The van der Waals surface area contributed by atoms with Gasteiger partial charge in [0.15, 0.2) is 5.78 Å². The molecular weight excluding hydrogens is 396 g/mol.